The van der Waals surface area contributed by atoms with E-state index < -0.39 is 0 Å². The minimum absolute atomic E-state index is 0.418. The van der Waals surface area contributed by atoms with Crippen LogP contribution in [0.1, 0.15) is 129 Å². The van der Waals surface area contributed by atoms with Gasteiger partial charge in [0.25, 0.3) is 0 Å². The van der Waals surface area contributed by atoms with Crippen LogP contribution in [-0.4, -0.2) is 18.1 Å². The second kappa shape index (κ2) is 13.1. The zero-order valence-electron chi connectivity index (χ0n) is 22.0. The van der Waals surface area contributed by atoms with E-state index in [0.717, 1.165) is 29.6 Å². The van der Waals surface area contributed by atoms with E-state index in [0.29, 0.717) is 24.0 Å². The normalized spacial score (nSPS) is 33.9. The molecule has 4 saturated carbocycles. The van der Waals surface area contributed by atoms with Crippen LogP contribution in [0.3, 0.4) is 0 Å². The van der Waals surface area contributed by atoms with Gasteiger partial charge in [-0.05, 0) is 93.8 Å². The van der Waals surface area contributed by atoms with Gasteiger partial charge in [0.05, 0.1) is 0 Å². The van der Waals surface area contributed by atoms with Gasteiger partial charge in [-0.2, -0.15) is 0 Å². The van der Waals surface area contributed by atoms with Gasteiger partial charge in [0.1, 0.15) is 0 Å². The molecule has 4 fully saturated rings. The van der Waals surface area contributed by atoms with Gasteiger partial charge in [-0.15, -0.1) is 6.58 Å². The smallest absolute Gasteiger partial charge is 0.0104 e. The van der Waals surface area contributed by atoms with Gasteiger partial charge in [0, 0.05) is 18.1 Å². The van der Waals surface area contributed by atoms with Gasteiger partial charge in [-0.1, -0.05) is 76.7 Å². The fourth-order valence-corrected chi connectivity index (χ4v) is 8.62. The number of hydrogen-bond donors (Lipinski definition) is 2. The van der Waals surface area contributed by atoms with Crippen molar-refractivity contribution < 1.29 is 0 Å². The Morgan fingerprint density at radius 1 is 0.727 bits per heavy atom. The summed E-state index contributed by atoms with van der Waals surface area (Å²) in [6.45, 7) is 6.86. The molecule has 4 aliphatic rings. The van der Waals surface area contributed by atoms with Gasteiger partial charge in [-0.3, -0.25) is 0 Å². The topological polar surface area (TPSA) is 38.0 Å². The zero-order valence-corrected chi connectivity index (χ0v) is 22.0. The third-order valence-corrected chi connectivity index (χ3v) is 10.6. The van der Waals surface area contributed by atoms with Crippen molar-refractivity contribution >= 4 is 0 Å². The molecule has 33 heavy (non-hydrogen) atoms. The molecule has 0 radical (unpaired) electrons. The molecule has 0 bridgehead atoms. The fourth-order valence-electron chi connectivity index (χ4n) is 8.62. The van der Waals surface area contributed by atoms with E-state index in [1.807, 2.05) is 0 Å². The maximum absolute atomic E-state index is 6.79. The van der Waals surface area contributed by atoms with Crippen molar-refractivity contribution in [2.75, 3.05) is 0 Å². The first-order chi connectivity index (χ1) is 16.1. The van der Waals surface area contributed by atoms with Crippen LogP contribution in [0.5, 0.6) is 0 Å². The Balaban J connectivity index is 1.46. The van der Waals surface area contributed by atoms with Crippen molar-refractivity contribution in [3.63, 3.8) is 0 Å². The maximum Gasteiger partial charge on any atom is 0.0104 e. The molecule has 2 nitrogen and oxygen atoms in total. The summed E-state index contributed by atoms with van der Waals surface area (Å²) in [5, 5.41) is 4.30. The average molecular weight is 457 g/mol. The number of rotatable bonds is 9. The lowest BCUT2D eigenvalue weighted by Gasteiger charge is -2.44. The molecule has 0 amide bonds. The van der Waals surface area contributed by atoms with E-state index in [2.05, 4.69) is 24.9 Å². The molecule has 0 heterocycles. The fraction of sp³-hybridized carbons (Fsp3) is 0.935. The molecule has 0 aromatic heterocycles. The highest BCUT2D eigenvalue weighted by Gasteiger charge is 2.38. The molecule has 190 valence electrons. The summed E-state index contributed by atoms with van der Waals surface area (Å²) < 4.78 is 0. The second-order valence-corrected chi connectivity index (χ2v) is 12.9. The first-order valence-corrected chi connectivity index (χ1v) is 15.3. The highest BCUT2D eigenvalue weighted by Crippen LogP contribution is 2.43. The monoisotopic (exact) mass is 456 g/mol. The number of hydrogen-bond acceptors (Lipinski definition) is 2. The molecule has 0 spiro atoms. The molecule has 6 atom stereocenters. The van der Waals surface area contributed by atoms with Crippen LogP contribution in [0.15, 0.2) is 12.7 Å². The van der Waals surface area contributed by atoms with Crippen LogP contribution < -0.4 is 11.1 Å². The van der Waals surface area contributed by atoms with E-state index in [1.165, 1.54) is 122 Å². The van der Waals surface area contributed by atoms with Gasteiger partial charge in [0.15, 0.2) is 0 Å². The highest BCUT2D eigenvalue weighted by molar-refractivity contribution is 4.96. The largest absolute Gasteiger partial charge is 0.328 e. The van der Waals surface area contributed by atoms with Crippen molar-refractivity contribution in [3.8, 4) is 0 Å². The summed E-state index contributed by atoms with van der Waals surface area (Å²) in [7, 11) is 0. The maximum atomic E-state index is 6.79. The van der Waals surface area contributed by atoms with E-state index >= 15 is 0 Å². The molecule has 0 saturated heterocycles. The minimum atomic E-state index is 0.418. The molecule has 3 N–H and O–H groups in total. The number of allylic oxidation sites excluding steroid dienone is 1. The van der Waals surface area contributed by atoms with Gasteiger partial charge < -0.3 is 11.1 Å². The van der Waals surface area contributed by atoms with Crippen molar-refractivity contribution in [3.05, 3.63) is 12.7 Å². The molecule has 0 aromatic rings. The van der Waals surface area contributed by atoms with Crippen molar-refractivity contribution in [1.82, 2.24) is 5.32 Å². The molecule has 6 unspecified atom stereocenters. The van der Waals surface area contributed by atoms with Crippen LogP contribution in [0.25, 0.3) is 0 Å². The van der Waals surface area contributed by atoms with Crippen LogP contribution >= 0.6 is 0 Å². The minimum Gasteiger partial charge on any atom is -0.328 e. The summed E-state index contributed by atoms with van der Waals surface area (Å²) in [5.74, 6) is 5.04. The first kappa shape index (κ1) is 25.7. The second-order valence-electron chi connectivity index (χ2n) is 12.9. The first-order valence-electron chi connectivity index (χ1n) is 15.3. The van der Waals surface area contributed by atoms with E-state index in [4.69, 9.17) is 5.73 Å². The Labute approximate surface area is 206 Å². The summed E-state index contributed by atoms with van der Waals surface area (Å²) >= 11 is 0. The zero-order chi connectivity index (χ0) is 23.0. The van der Waals surface area contributed by atoms with E-state index in [-0.39, 0.29) is 0 Å². The lowest BCUT2D eigenvalue weighted by atomic mass is 9.66. The number of nitrogens with two attached hydrogens (primary N) is 1. The summed E-state index contributed by atoms with van der Waals surface area (Å²) in [6, 6.07) is 1.70. The molecule has 0 aliphatic heterocycles. The summed E-state index contributed by atoms with van der Waals surface area (Å²) in [6.07, 6.45) is 29.3. The standard InChI is InChI=1S/C31H56N2/c1-3-24(26-15-9-5-10-16-26)22-31(33-23(2)25-13-7-4-8-14-25)29-19-28(20-30(32)21-29)27-17-11-6-12-18-27/h3,23-31,33H,1,4-22,32H2,2H3. The Morgan fingerprint density at radius 2 is 1.30 bits per heavy atom. The van der Waals surface area contributed by atoms with Crippen LogP contribution in [-0.2, 0) is 0 Å². The van der Waals surface area contributed by atoms with Gasteiger partial charge >= 0.3 is 0 Å². The molecule has 2 heteroatoms. The lowest BCUT2D eigenvalue weighted by Crippen LogP contribution is -2.50. The highest BCUT2D eigenvalue weighted by atomic mass is 15.0. The Bertz CT molecular complexity index is 555. The molecule has 4 aliphatic carbocycles. The van der Waals surface area contributed by atoms with Crippen LogP contribution in [0.4, 0.5) is 0 Å². The Kier molecular flexibility index (Phi) is 10.2. The van der Waals surface area contributed by atoms with E-state index in [9.17, 15) is 0 Å². The predicted octanol–water partition coefficient (Wildman–Crippen LogP) is 8.01. The van der Waals surface area contributed by atoms with Crippen molar-refractivity contribution in [2.24, 2.45) is 41.2 Å². The predicted molar refractivity (Wildman–Crippen MR) is 143 cm³/mol. The van der Waals surface area contributed by atoms with Gasteiger partial charge in [-0.25, -0.2) is 0 Å². The molecular formula is C31H56N2. The van der Waals surface area contributed by atoms with E-state index in [1.54, 1.807) is 0 Å². The van der Waals surface area contributed by atoms with Crippen molar-refractivity contribution in [1.29, 1.82) is 0 Å². The quantitative estimate of drug-likeness (QED) is 0.345. The summed E-state index contributed by atoms with van der Waals surface area (Å²) in [4.78, 5) is 0. The average Bonchev–Trinajstić information content (AvgIpc) is 2.87. The van der Waals surface area contributed by atoms with Crippen LogP contribution in [0, 0.1) is 35.5 Å². The Hall–Kier alpha value is -0.340. The molecule has 0 aromatic carbocycles. The molecular weight excluding hydrogens is 400 g/mol. The third kappa shape index (κ3) is 7.33. The third-order valence-electron chi connectivity index (χ3n) is 10.6. The molecule has 4 rings (SSSR count). The van der Waals surface area contributed by atoms with Crippen LogP contribution in [0.2, 0.25) is 0 Å². The van der Waals surface area contributed by atoms with Gasteiger partial charge in [0.2, 0.25) is 0 Å². The number of nitrogens with one attached hydrogen (secondary N) is 1. The summed E-state index contributed by atoms with van der Waals surface area (Å²) in [5.41, 5.74) is 6.79. The van der Waals surface area contributed by atoms with Crippen molar-refractivity contribution in [2.45, 2.75) is 147 Å². The SMILES string of the molecule is C=CC(CC(NC(C)C1CCCCC1)C1CC(N)CC(C2CCCCC2)C1)C1CCCCC1. The Morgan fingerprint density at radius 3 is 1.91 bits per heavy atom. The lowest BCUT2D eigenvalue weighted by molar-refractivity contribution is 0.104.